The molecule has 0 bridgehead atoms. The van der Waals surface area contributed by atoms with Crippen molar-refractivity contribution in [1.29, 1.82) is 0 Å². The van der Waals surface area contributed by atoms with Crippen LogP contribution in [0.25, 0.3) is 27.4 Å². The van der Waals surface area contributed by atoms with Crippen LogP contribution in [-0.2, 0) is 0 Å². The van der Waals surface area contributed by atoms with Crippen molar-refractivity contribution in [3.05, 3.63) is 70.5 Å². The number of nitrogens with zero attached hydrogens (tertiary/aromatic N) is 2. The predicted octanol–water partition coefficient (Wildman–Crippen LogP) is 4.25. The Kier molecular flexibility index (Phi) is 4.73. The summed E-state index contributed by atoms with van der Waals surface area (Å²) in [4.78, 5) is 31.7. The monoisotopic (exact) mass is 419 g/mol. The van der Waals surface area contributed by atoms with Crippen molar-refractivity contribution in [2.24, 2.45) is 0 Å². The molecule has 0 spiro atoms. The summed E-state index contributed by atoms with van der Waals surface area (Å²) >= 11 is 0. The van der Waals surface area contributed by atoms with Gasteiger partial charge in [-0.3, -0.25) is 14.2 Å². The number of nitrogens with one attached hydrogen (secondary N) is 1. The molecule has 31 heavy (non-hydrogen) atoms. The van der Waals surface area contributed by atoms with E-state index in [1.165, 1.54) is 23.8 Å². The number of pyridine rings is 1. The third kappa shape index (κ3) is 3.26. The van der Waals surface area contributed by atoms with Crippen molar-refractivity contribution in [3.63, 3.8) is 0 Å². The highest BCUT2D eigenvalue weighted by molar-refractivity contribution is 6.07. The van der Waals surface area contributed by atoms with E-state index in [-0.39, 0.29) is 11.5 Å². The van der Waals surface area contributed by atoms with Gasteiger partial charge in [-0.2, -0.15) is 0 Å². The van der Waals surface area contributed by atoms with Gasteiger partial charge in [-0.1, -0.05) is 0 Å². The van der Waals surface area contributed by atoms with Crippen LogP contribution in [0, 0.1) is 5.82 Å². The second-order valence-electron chi connectivity index (χ2n) is 7.85. The Morgan fingerprint density at radius 1 is 1.03 bits per heavy atom. The number of benzene rings is 2. The number of likely N-dealkylation sites (tertiary alicyclic amines) is 1. The van der Waals surface area contributed by atoms with E-state index in [4.69, 9.17) is 4.74 Å². The molecule has 1 aliphatic heterocycles. The Morgan fingerprint density at radius 2 is 1.84 bits per heavy atom. The fraction of sp³-hybridized carbons (Fsp3) is 0.250. The first-order chi connectivity index (χ1) is 15.1. The number of ether oxygens (including phenoxy) is 1. The number of aromatic nitrogens is 2. The van der Waals surface area contributed by atoms with E-state index in [1.807, 2.05) is 4.90 Å². The van der Waals surface area contributed by atoms with Crippen LogP contribution in [0.2, 0.25) is 0 Å². The van der Waals surface area contributed by atoms with Crippen LogP contribution < -0.4 is 10.3 Å². The maximum absolute atomic E-state index is 14.3. The lowest BCUT2D eigenvalue weighted by Crippen LogP contribution is -2.36. The maximum atomic E-state index is 14.3. The SMILES string of the molecule is COc1ccc2c(C(=O)N3CCCCC3)cn(-c3cc(F)cc4[nH]ccc34)c(=O)c2c1. The second-order valence-corrected chi connectivity index (χ2v) is 7.85. The van der Waals surface area contributed by atoms with E-state index in [0.717, 1.165) is 19.3 Å². The number of H-pyrrole nitrogens is 1. The number of aromatic amines is 1. The molecule has 1 N–H and O–H groups in total. The lowest BCUT2D eigenvalue weighted by Gasteiger charge is -2.27. The van der Waals surface area contributed by atoms with Crippen LogP contribution in [0.3, 0.4) is 0 Å². The summed E-state index contributed by atoms with van der Waals surface area (Å²) < 4.78 is 21.0. The molecule has 5 rings (SSSR count). The molecule has 7 heteroatoms. The minimum absolute atomic E-state index is 0.120. The zero-order chi connectivity index (χ0) is 21.5. The number of hydrogen-bond acceptors (Lipinski definition) is 3. The van der Waals surface area contributed by atoms with Gasteiger partial charge in [0.15, 0.2) is 0 Å². The van der Waals surface area contributed by atoms with Crippen molar-refractivity contribution >= 4 is 27.6 Å². The molecular formula is C24H22FN3O3. The Bertz CT molecular complexity index is 1370. The number of hydrogen-bond donors (Lipinski definition) is 1. The van der Waals surface area contributed by atoms with Gasteiger partial charge in [0.2, 0.25) is 0 Å². The molecule has 158 valence electrons. The lowest BCUT2D eigenvalue weighted by atomic mass is 10.0. The molecule has 1 fully saturated rings. The van der Waals surface area contributed by atoms with Gasteiger partial charge in [-0.25, -0.2) is 4.39 Å². The fourth-order valence-corrected chi connectivity index (χ4v) is 4.38. The zero-order valence-corrected chi connectivity index (χ0v) is 17.2. The summed E-state index contributed by atoms with van der Waals surface area (Å²) in [6, 6.07) is 9.61. The Morgan fingerprint density at radius 3 is 2.61 bits per heavy atom. The standard InChI is InChI=1S/C24H22FN3O3/c1-31-16-5-6-17-19(13-16)24(30)28(14-20(17)23(29)27-9-3-2-4-10-27)22-12-15(25)11-21-18(22)7-8-26-21/h5-8,11-14,26H,2-4,9-10H2,1H3. The van der Waals surface area contributed by atoms with Gasteiger partial charge in [0.25, 0.3) is 11.5 Å². The molecule has 2 aromatic heterocycles. The van der Waals surface area contributed by atoms with Crippen LogP contribution in [0.1, 0.15) is 29.6 Å². The molecule has 4 aromatic rings. The summed E-state index contributed by atoms with van der Waals surface area (Å²) in [7, 11) is 1.53. The maximum Gasteiger partial charge on any atom is 0.263 e. The van der Waals surface area contributed by atoms with Gasteiger partial charge in [0.1, 0.15) is 11.6 Å². The minimum atomic E-state index is -0.466. The average molecular weight is 419 g/mol. The van der Waals surface area contributed by atoms with Gasteiger partial charge in [0, 0.05) is 36.3 Å². The third-order valence-electron chi connectivity index (χ3n) is 5.97. The van der Waals surface area contributed by atoms with Crippen molar-refractivity contribution in [3.8, 4) is 11.4 Å². The van der Waals surface area contributed by atoms with E-state index < -0.39 is 5.82 Å². The Labute approximate surface area is 177 Å². The molecule has 0 unspecified atom stereocenters. The number of piperidine rings is 1. The van der Waals surface area contributed by atoms with Crippen molar-refractivity contribution in [2.45, 2.75) is 19.3 Å². The molecule has 3 heterocycles. The van der Waals surface area contributed by atoms with E-state index >= 15 is 0 Å². The lowest BCUT2D eigenvalue weighted by molar-refractivity contribution is 0.0725. The summed E-state index contributed by atoms with van der Waals surface area (Å²) in [5.74, 6) is -0.0680. The first-order valence-corrected chi connectivity index (χ1v) is 10.4. The first-order valence-electron chi connectivity index (χ1n) is 10.4. The normalized spacial score (nSPS) is 14.3. The fourth-order valence-electron chi connectivity index (χ4n) is 4.38. The van der Waals surface area contributed by atoms with E-state index in [0.29, 0.717) is 51.8 Å². The molecule has 0 atom stereocenters. The summed E-state index contributed by atoms with van der Waals surface area (Å²) in [6.45, 7) is 1.38. The zero-order valence-electron chi connectivity index (χ0n) is 17.2. The number of halogens is 1. The third-order valence-corrected chi connectivity index (χ3v) is 5.97. The Hall–Kier alpha value is -3.61. The second kappa shape index (κ2) is 7.58. The Balaban J connectivity index is 1.80. The van der Waals surface area contributed by atoms with Gasteiger partial charge in [-0.05, 0) is 55.7 Å². The molecular weight excluding hydrogens is 397 g/mol. The largest absolute Gasteiger partial charge is 0.497 e. The average Bonchev–Trinajstić information content (AvgIpc) is 3.27. The number of amides is 1. The van der Waals surface area contributed by atoms with E-state index in [1.54, 1.807) is 36.7 Å². The topological polar surface area (TPSA) is 67.3 Å². The van der Waals surface area contributed by atoms with Gasteiger partial charge in [-0.15, -0.1) is 0 Å². The van der Waals surface area contributed by atoms with Gasteiger partial charge < -0.3 is 14.6 Å². The van der Waals surface area contributed by atoms with Gasteiger partial charge >= 0.3 is 0 Å². The highest BCUT2D eigenvalue weighted by atomic mass is 19.1. The van der Waals surface area contributed by atoms with Crippen LogP contribution in [-0.4, -0.2) is 40.6 Å². The van der Waals surface area contributed by atoms with Crippen LogP contribution >= 0.6 is 0 Å². The predicted molar refractivity (Wildman–Crippen MR) is 118 cm³/mol. The number of carbonyl (C=O) groups excluding carboxylic acids is 1. The molecule has 1 saturated heterocycles. The van der Waals surface area contributed by atoms with Crippen LogP contribution in [0.4, 0.5) is 4.39 Å². The summed E-state index contributed by atoms with van der Waals surface area (Å²) in [5.41, 5.74) is 1.06. The smallest absolute Gasteiger partial charge is 0.263 e. The molecule has 1 amide bonds. The molecule has 0 radical (unpaired) electrons. The van der Waals surface area contributed by atoms with Crippen molar-refractivity contribution in [2.75, 3.05) is 20.2 Å². The summed E-state index contributed by atoms with van der Waals surface area (Å²) in [5, 5.41) is 1.62. The highest BCUT2D eigenvalue weighted by Gasteiger charge is 2.23. The number of fused-ring (bicyclic) bond motifs is 2. The van der Waals surface area contributed by atoms with Crippen LogP contribution in [0.15, 0.2) is 53.6 Å². The minimum Gasteiger partial charge on any atom is -0.497 e. The number of rotatable bonds is 3. The van der Waals surface area contributed by atoms with E-state index in [2.05, 4.69) is 4.98 Å². The molecule has 0 aliphatic carbocycles. The molecule has 2 aromatic carbocycles. The number of methoxy groups -OCH3 is 1. The first kappa shape index (κ1) is 19.4. The summed E-state index contributed by atoms with van der Waals surface area (Å²) in [6.07, 6.45) is 6.28. The molecule has 6 nitrogen and oxygen atoms in total. The van der Waals surface area contributed by atoms with Crippen molar-refractivity contribution < 1.29 is 13.9 Å². The van der Waals surface area contributed by atoms with Crippen molar-refractivity contribution in [1.82, 2.24) is 14.5 Å². The molecule has 0 saturated carbocycles. The number of carbonyl (C=O) groups is 1. The van der Waals surface area contributed by atoms with Crippen LogP contribution in [0.5, 0.6) is 5.75 Å². The van der Waals surface area contributed by atoms with Gasteiger partial charge in [0.05, 0.1) is 29.3 Å². The quantitative estimate of drug-likeness (QED) is 0.540. The van der Waals surface area contributed by atoms with E-state index in [9.17, 15) is 14.0 Å². The molecule has 1 aliphatic rings. The highest BCUT2D eigenvalue weighted by Crippen LogP contribution is 2.27.